The van der Waals surface area contributed by atoms with Crippen LogP contribution in [0.25, 0.3) is 0 Å². The average molecular weight is 282 g/mol. The van der Waals surface area contributed by atoms with Gasteiger partial charge in [0.1, 0.15) is 11.6 Å². The van der Waals surface area contributed by atoms with Crippen LogP contribution < -0.4 is 5.32 Å². The quantitative estimate of drug-likeness (QED) is 0.940. The molecule has 0 atom stereocenters. The fourth-order valence-corrected chi connectivity index (χ4v) is 1.59. The predicted octanol–water partition coefficient (Wildman–Crippen LogP) is 2.99. The highest BCUT2D eigenvalue weighted by Gasteiger charge is 2.00. The molecule has 0 spiro atoms. The van der Waals surface area contributed by atoms with Gasteiger partial charge < -0.3 is 5.32 Å². The van der Waals surface area contributed by atoms with E-state index in [2.05, 4.69) is 31.2 Å². The number of hydrogen-bond donors (Lipinski definition) is 1. The molecule has 0 saturated carbocycles. The van der Waals surface area contributed by atoms with Gasteiger partial charge in [-0.1, -0.05) is 0 Å². The Morgan fingerprint density at radius 2 is 2.00 bits per heavy atom. The highest BCUT2D eigenvalue weighted by molar-refractivity contribution is 9.10. The molecule has 0 aliphatic carbocycles. The lowest BCUT2D eigenvalue weighted by Gasteiger charge is -2.05. The number of aromatic nitrogens is 2. The zero-order valence-corrected chi connectivity index (χ0v) is 9.91. The van der Waals surface area contributed by atoms with E-state index < -0.39 is 0 Å². The van der Waals surface area contributed by atoms with E-state index in [1.807, 2.05) is 0 Å². The first kappa shape index (κ1) is 11.0. The van der Waals surface area contributed by atoms with E-state index in [1.54, 1.807) is 30.6 Å². The SMILES string of the molecule is Fc1ccc(NCc2ncccn2)cc1Br. The molecule has 0 saturated heterocycles. The fraction of sp³-hybridized carbons (Fsp3) is 0.0909. The Balaban J connectivity index is 2.03. The summed E-state index contributed by atoms with van der Waals surface area (Å²) in [4.78, 5) is 8.15. The van der Waals surface area contributed by atoms with Gasteiger partial charge in [0.05, 0.1) is 11.0 Å². The van der Waals surface area contributed by atoms with Crippen LogP contribution in [-0.4, -0.2) is 9.97 Å². The summed E-state index contributed by atoms with van der Waals surface area (Å²) in [7, 11) is 0. The second kappa shape index (κ2) is 5.03. The van der Waals surface area contributed by atoms with Crippen molar-refractivity contribution >= 4 is 21.6 Å². The highest BCUT2D eigenvalue weighted by Crippen LogP contribution is 2.20. The third-order valence-corrected chi connectivity index (χ3v) is 2.60. The molecule has 0 amide bonds. The maximum atomic E-state index is 13.0. The van der Waals surface area contributed by atoms with Crippen LogP contribution in [0, 0.1) is 5.82 Å². The van der Waals surface area contributed by atoms with Crippen molar-refractivity contribution in [2.24, 2.45) is 0 Å². The van der Waals surface area contributed by atoms with Crippen molar-refractivity contribution in [1.29, 1.82) is 0 Å². The molecule has 0 bridgehead atoms. The zero-order valence-electron chi connectivity index (χ0n) is 8.32. The number of halogens is 2. The first-order chi connectivity index (χ1) is 7.75. The summed E-state index contributed by atoms with van der Waals surface area (Å²) in [6.45, 7) is 0.513. The van der Waals surface area contributed by atoms with Crippen LogP contribution in [0.2, 0.25) is 0 Å². The maximum absolute atomic E-state index is 13.0. The van der Waals surface area contributed by atoms with Gasteiger partial charge in [-0.05, 0) is 40.2 Å². The molecule has 1 aromatic carbocycles. The second-order valence-electron chi connectivity index (χ2n) is 3.15. The van der Waals surface area contributed by atoms with Gasteiger partial charge in [-0.2, -0.15) is 0 Å². The minimum Gasteiger partial charge on any atom is -0.378 e. The van der Waals surface area contributed by atoms with E-state index in [0.717, 1.165) is 5.69 Å². The number of anilines is 1. The largest absolute Gasteiger partial charge is 0.378 e. The third kappa shape index (κ3) is 2.76. The maximum Gasteiger partial charge on any atom is 0.147 e. The van der Waals surface area contributed by atoms with Gasteiger partial charge in [-0.3, -0.25) is 0 Å². The summed E-state index contributed by atoms with van der Waals surface area (Å²) >= 11 is 3.13. The minimum atomic E-state index is -0.276. The van der Waals surface area contributed by atoms with Gasteiger partial charge in [0.15, 0.2) is 0 Å². The molecule has 82 valence electrons. The summed E-state index contributed by atoms with van der Waals surface area (Å²) < 4.78 is 13.4. The Labute approximate surface area is 101 Å². The number of rotatable bonds is 3. The summed E-state index contributed by atoms with van der Waals surface area (Å²) in [6, 6.07) is 6.51. The molecule has 0 aliphatic rings. The highest BCUT2D eigenvalue weighted by atomic mass is 79.9. The second-order valence-corrected chi connectivity index (χ2v) is 4.00. The Bertz CT molecular complexity index is 476. The van der Waals surface area contributed by atoms with E-state index in [9.17, 15) is 4.39 Å². The van der Waals surface area contributed by atoms with Gasteiger partial charge >= 0.3 is 0 Å². The Hall–Kier alpha value is -1.49. The Morgan fingerprint density at radius 3 is 2.69 bits per heavy atom. The minimum absolute atomic E-state index is 0.276. The van der Waals surface area contributed by atoms with Gasteiger partial charge in [0.2, 0.25) is 0 Å². The molecule has 1 N–H and O–H groups in total. The smallest absolute Gasteiger partial charge is 0.147 e. The Morgan fingerprint density at radius 1 is 1.25 bits per heavy atom. The van der Waals surface area contributed by atoms with Crippen molar-refractivity contribution < 1.29 is 4.39 Å². The molecule has 0 aliphatic heterocycles. The van der Waals surface area contributed by atoms with E-state index in [1.165, 1.54) is 6.07 Å². The van der Waals surface area contributed by atoms with Crippen molar-refractivity contribution in [3.05, 3.63) is 52.8 Å². The molecular weight excluding hydrogens is 273 g/mol. The molecule has 3 nitrogen and oxygen atoms in total. The van der Waals surface area contributed by atoms with Crippen molar-refractivity contribution in [2.45, 2.75) is 6.54 Å². The van der Waals surface area contributed by atoms with Crippen LogP contribution in [0.3, 0.4) is 0 Å². The molecular formula is C11H9BrFN3. The Kier molecular flexibility index (Phi) is 3.46. The first-order valence-corrected chi connectivity index (χ1v) is 5.50. The van der Waals surface area contributed by atoms with Gasteiger partial charge in [-0.15, -0.1) is 0 Å². The fourth-order valence-electron chi connectivity index (χ4n) is 1.21. The first-order valence-electron chi connectivity index (χ1n) is 4.70. The molecule has 1 aromatic heterocycles. The van der Waals surface area contributed by atoms with E-state index in [0.29, 0.717) is 16.8 Å². The lowest BCUT2D eigenvalue weighted by atomic mass is 10.3. The molecule has 5 heteroatoms. The topological polar surface area (TPSA) is 37.8 Å². The van der Waals surface area contributed by atoms with Crippen molar-refractivity contribution in [1.82, 2.24) is 9.97 Å². The molecule has 1 heterocycles. The number of benzene rings is 1. The summed E-state index contributed by atoms with van der Waals surface area (Å²) in [5.74, 6) is 0.421. The van der Waals surface area contributed by atoms with E-state index >= 15 is 0 Å². The molecule has 2 aromatic rings. The summed E-state index contributed by atoms with van der Waals surface area (Å²) in [5, 5.41) is 3.11. The summed E-state index contributed by atoms with van der Waals surface area (Å²) in [5.41, 5.74) is 0.820. The van der Waals surface area contributed by atoms with Crippen LogP contribution in [0.15, 0.2) is 41.1 Å². The summed E-state index contributed by atoms with van der Waals surface area (Å²) in [6.07, 6.45) is 3.37. The third-order valence-electron chi connectivity index (χ3n) is 1.99. The predicted molar refractivity (Wildman–Crippen MR) is 63.5 cm³/mol. The van der Waals surface area contributed by atoms with Crippen LogP contribution in [-0.2, 0) is 6.54 Å². The van der Waals surface area contributed by atoms with Crippen LogP contribution in [0.5, 0.6) is 0 Å². The normalized spacial score (nSPS) is 10.1. The van der Waals surface area contributed by atoms with Crippen LogP contribution in [0.1, 0.15) is 5.82 Å². The molecule has 0 fully saturated rings. The van der Waals surface area contributed by atoms with E-state index in [-0.39, 0.29) is 5.82 Å². The van der Waals surface area contributed by atoms with Gasteiger partial charge in [-0.25, -0.2) is 14.4 Å². The molecule has 16 heavy (non-hydrogen) atoms. The van der Waals surface area contributed by atoms with Crippen molar-refractivity contribution in [3.63, 3.8) is 0 Å². The van der Waals surface area contributed by atoms with Crippen LogP contribution >= 0.6 is 15.9 Å². The van der Waals surface area contributed by atoms with Gasteiger partial charge in [0.25, 0.3) is 0 Å². The lowest BCUT2D eigenvalue weighted by Crippen LogP contribution is -2.03. The monoisotopic (exact) mass is 281 g/mol. The van der Waals surface area contributed by atoms with Crippen LogP contribution in [0.4, 0.5) is 10.1 Å². The van der Waals surface area contributed by atoms with Crippen molar-refractivity contribution in [2.75, 3.05) is 5.32 Å². The average Bonchev–Trinajstić information content (AvgIpc) is 2.32. The standard InChI is InChI=1S/C11H9BrFN3/c12-9-6-8(2-3-10(9)13)16-7-11-14-4-1-5-15-11/h1-6,16H,7H2. The van der Waals surface area contributed by atoms with E-state index in [4.69, 9.17) is 0 Å². The number of nitrogens with zero attached hydrogens (tertiary/aromatic N) is 2. The number of hydrogen-bond acceptors (Lipinski definition) is 3. The zero-order chi connectivity index (χ0) is 11.4. The van der Waals surface area contributed by atoms with Gasteiger partial charge in [0, 0.05) is 18.1 Å². The number of nitrogens with one attached hydrogen (secondary N) is 1. The molecule has 2 rings (SSSR count). The molecule has 0 radical (unpaired) electrons. The molecule has 0 unspecified atom stereocenters. The van der Waals surface area contributed by atoms with Crippen molar-refractivity contribution in [3.8, 4) is 0 Å². The lowest BCUT2D eigenvalue weighted by molar-refractivity contribution is 0.621.